The fourth-order valence-electron chi connectivity index (χ4n) is 3.94. The summed E-state index contributed by atoms with van der Waals surface area (Å²) in [6, 6.07) is 13.4. The number of nitrogens with zero attached hydrogens (tertiary/aromatic N) is 2. The molecule has 4 rings (SSSR count). The predicted octanol–water partition coefficient (Wildman–Crippen LogP) is 3.52. The van der Waals surface area contributed by atoms with Gasteiger partial charge in [-0.25, -0.2) is 18.3 Å². The number of ether oxygens (including phenoxy) is 1. The van der Waals surface area contributed by atoms with Gasteiger partial charge in [-0.2, -0.15) is 0 Å². The average molecular weight is 407 g/mol. The molecule has 0 bridgehead atoms. The standard InChI is InChI=1S/C24H24FN2O3/c1-2-30-24(29)19-7-5-17(6-8-19)14-21(28)15-26-16-22(27-13-3-4-23(26)27)18-9-11-20(25)12-10-18/h5-12,16H,2-4,13-15H2,1H3/q+1. The molecule has 1 aliphatic rings. The number of carbonyl (C=O) groups excluding carboxylic acids is 2. The van der Waals surface area contributed by atoms with Crippen LogP contribution in [0.15, 0.2) is 54.7 Å². The van der Waals surface area contributed by atoms with Crippen molar-refractivity contribution in [1.82, 2.24) is 4.57 Å². The minimum Gasteiger partial charge on any atom is -0.462 e. The minimum atomic E-state index is -0.358. The Hall–Kier alpha value is -3.28. The van der Waals surface area contributed by atoms with Gasteiger partial charge in [0.25, 0.3) is 5.82 Å². The van der Waals surface area contributed by atoms with Crippen LogP contribution in [0, 0.1) is 5.82 Å². The summed E-state index contributed by atoms with van der Waals surface area (Å²) in [6.45, 7) is 3.29. The second kappa shape index (κ2) is 8.61. The third kappa shape index (κ3) is 4.17. The minimum absolute atomic E-state index is 0.0924. The number of benzene rings is 2. The van der Waals surface area contributed by atoms with E-state index in [9.17, 15) is 14.0 Å². The Morgan fingerprint density at radius 1 is 1.10 bits per heavy atom. The monoisotopic (exact) mass is 407 g/mol. The van der Waals surface area contributed by atoms with Crippen molar-refractivity contribution in [2.24, 2.45) is 0 Å². The highest BCUT2D eigenvalue weighted by Gasteiger charge is 2.29. The third-order valence-corrected chi connectivity index (χ3v) is 5.35. The van der Waals surface area contributed by atoms with Crippen molar-refractivity contribution in [2.45, 2.75) is 39.3 Å². The molecule has 154 valence electrons. The Morgan fingerprint density at radius 2 is 1.83 bits per heavy atom. The molecule has 2 heterocycles. The third-order valence-electron chi connectivity index (χ3n) is 5.35. The SMILES string of the molecule is CCOC(=O)c1ccc(CC(=O)C[n+]2cc(-c3ccc(F)cc3)n3c2CCC3)cc1. The lowest BCUT2D eigenvalue weighted by molar-refractivity contribution is -0.690. The molecule has 0 amide bonds. The molecule has 1 aromatic heterocycles. The van der Waals surface area contributed by atoms with Gasteiger partial charge in [-0.15, -0.1) is 0 Å². The molecule has 0 saturated heterocycles. The highest BCUT2D eigenvalue weighted by molar-refractivity contribution is 5.89. The van der Waals surface area contributed by atoms with Crippen LogP contribution in [0.4, 0.5) is 4.39 Å². The van der Waals surface area contributed by atoms with E-state index in [1.54, 1.807) is 43.3 Å². The zero-order valence-electron chi connectivity index (χ0n) is 16.9. The molecule has 6 heteroatoms. The number of hydrogen-bond acceptors (Lipinski definition) is 3. The van der Waals surface area contributed by atoms with Gasteiger partial charge < -0.3 is 4.74 Å². The van der Waals surface area contributed by atoms with Gasteiger partial charge in [0.15, 0.2) is 11.5 Å². The smallest absolute Gasteiger partial charge is 0.338 e. The van der Waals surface area contributed by atoms with Gasteiger partial charge >= 0.3 is 5.97 Å². The fourth-order valence-corrected chi connectivity index (χ4v) is 3.94. The lowest BCUT2D eigenvalue weighted by Crippen LogP contribution is -2.40. The van der Waals surface area contributed by atoms with E-state index in [-0.39, 0.29) is 24.1 Å². The van der Waals surface area contributed by atoms with Gasteiger partial charge in [0.1, 0.15) is 18.6 Å². The lowest BCUT2D eigenvalue weighted by atomic mass is 10.1. The molecule has 0 unspecified atom stereocenters. The zero-order valence-corrected chi connectivity index (χ0v) is 16.9. The van der Waals surface area contributed by atoms with Gasteiger partial charge in [-0.05, 0) is 55.3 Å². The van der Waals surface area contributed by atoms with E-state index in [1.807, 2.05) is 10.8 Å². The van der Waals surface area contributed by atoms with Crippen LogP contribution in [-0.4, -0.2) is 22.9 Å². The molecular weight excluding hydrogens is 383 g/mol. The Kier molecular flexibility index (Phi) is 5.74. The number of esters is 1. The molecule has 0 spiro atoms. The first-order chi connectivity index (χ1) is 14.5. The van der Waals surface area contributed by atoms with Gasteiger partial charge in [0.05, 0.1) is 25.1 Å². The molecule has 0 saturated carbocycles. The number of rotatable bonds is 7. The van der Waals surface area contributed by atoms with E-state index in [2.05, 4.69) is 4.57 Å². The quantitative estimate of drug-likeness (QED) is 0.445. The molecule has 0 aliphatic carbocycles. The van der Waals surface area contributed by atoms with E-state index in [4.69, 9.17) is 4.74 Å². The summed E-state index contributed by atoms with van der Waals surface area (Å²) in [5, 5.41) is 0. The van der Waals surface area contributed by atoms with E-state index in [0.717, 1.165) is 42.0 Å². The highest BCUT2D eigenvalue weighted by atomic mass is 19.1. The molecule has 0 atom stereocenters. The van der Waals surface area contributed by atoms with E-state index in [0.29, 0.717) is 18.6 Å². The fraction of sp³-hybridized carbons (Fsp3) is 0.292. The highest BCUT2D eigenvalue weighted by Crippen LogP contribution is 2.25. The van der Waals surface area contributed by atoms with Crippen molar-refractivity contribution in [2.75, 3.05) is 6.61 Å². The lowest BCUT2D eigenvalue weighted by Gasteiger charge is -2.04. The van der Waals surface area contributed by atoms with E-state index >= 15 is 0 Å². The van der Waals surface area contributed by atoms with Crippen LogP contribution in [-0.2, 0) is 35.5 Å². The summed E-state index contributed by atoms with van der Waals surface area (Å²) >= 11 is 0. The van der Waals surface area contributed by atoms with Crippen LogP contribution in [0.1, 0.15) is 35.1 Å². The predicted molar refractivity (Wildman–Crippen MR) is 109 cm³/mol. The first kappa shape index (κ1) is 20.0. The summed E-state index contributed by atoms with van der Waals surface area (Å²) in [5.74, 6) is 0.600. The number of aromatic nitrogens is 2. The Bertz CT molecular complexity index is 1070. The second-order valence-corrected chi connectivity index (χ2v) is 7.45. The van der Waals surface area contributed by atoms with Crippen molar-refractivity contribution in [1.29, 1.82) is 0 Å². The number of halogens is 1. The first-order valence-electron chi connectivity index (χ1n) is 10.2. The van der Waals surface area contributed by atoms with Crippen LogP contribution in [0.3, 0.4) is 0 Å². The number of Topliss-reactive ketones (excluding diaryl/α,β-unsaturated/α-hetero) is 1. The van der Waals surface area contributed by atoms with Crippen LogP contribution >= 0.6 is 0 Å². The maximum absolute atomic E-state index is 13.3. The van der Waals surface area contributed by atoms with Crippen LogP contribution in [0.5, 0.6) is 0 Å². The first-order valence-corrected chi connectivity index (χ1v) is 10.2. The van der Waals surface area contributed by atoms with Gasteiger partial charge in [0, 0.05) is 12.0 Å². The van der Waals surface area contributed by atoms with Gasteiger partial charge in [-0.1, -0.05) is 12.1 Å². The van der Waals surface area contributed by atoms with Crippen molar-refractivity contribution in [3.63, 3.8) is 0 Å². The second-order valence-electron chi connectivity index (χ2n) is 7.45. The van der Waals surface area contributed by atoms with Crippen molar-refractivity contribution >= 4 is 11.8 Å². The van der Waals surface area contributed by atoms with Crippen molar-refractivity contribution in [3.8, 4) is 11.3 Å². The molecule has 30 heavy (non-hydrogen) atoms. The summed E-state index contributed by atoms with van der Waals surface area (Å²) in [6.07, 6.45) is 4.24. The molecule has 5 nitrogen and oxygen atoms in total. The van der Waals surface area contributed by atoms with Crippen LogP contribution < -0.4 is 4.57 Å². The normalized spacial score (nSPS) is 12.6. The Morgan fingerprint density at radius 3 is 2.53 bits per heavy atom. The molecular formula is C24H24FN2O3+. The summed E-state index contributed by atoms with van der Waals surface area (Å²) in [7, 11) is 0. The van der Waals surface area contributed by atoms with Crippen LogP contribution in [0.25, 0.3) is 11.3 Å². The number of imidazole rings is 1. The summed E-state index contributed by atoms with van der Waals surface area (Å²) in [4.78, 5) is 24.5. The molecule has 0 radical (unpaired) electrons. The maximum Gasteiger partial charge on any atom is 0.338 e. The number of carbonyl (C=O) groups is 2. The maximum atomic E-state index is 13.3. The molecule has 0 N–H and O–H groups in total. The number of fused-ring (bicyclic) bond motifs is 1. The Balaban J connectivity index is 1.48. The van der Waals surface area contributed by atoms with Gasteiger partial charge in [0.2, 0.25) is 0 Å². The molecule has 1 aliphatic heterocycles. The topological polar surface area (TPSA) is 52.2 Å². The zero-order chi connectivity index (χ0) is 21.1. The number of hydrogen-bond donors (Lipinski definition) is 0. The van der Waals surface area contributed by atoms with Gasteiger partial charge in [-0.3, -0.25) is 4.79 Å². The van der Waals surface area contributed by atoms with Crippen molar-refractivity contribution in [3.05, 3.63) is 77.5 Å². The van der Waals surface area contributed by atoms with Crippen LogP contribution in [0.2, 0.25) is 0 Å². The molecule has 3 aromatic rings. The Labute approximate surface area is 174 Å². The summed E-state index contributed by atoms with van der Waals surface area (Å²) < 4.78 is 22.5. The molecule has 2 aromatic carbocycles. The average Bonchev–Trinajstić information content (AvgIpc) is 3.33. The molecule has 0 fully saturated rings. The summed E-state index contributed by atoms with van der Waals surface area (Å²) in [5.41, 5.74) is 3.30. The van der Waals surface area contributed by atoms with Crippen molar-refractivity contribution < 1.29 is 23.3 Å². The largest absolute Gasteiger partial charge is 0.462 e. The van der Waals surface area contributed by atoms with E-state index in [1.165, 1.54) is 12.1 Å². The van der Waals surface area contributed by atoms with E-state index < -0.39 is 0 Å². The number of ketones is 1.